The highest BCUT2D eigenvalue weighted by atomic mass is 35.5. The number of halogens is 2. The predicted octanol–water partition coefficient (Wildman–Crippen LogP) is 3.43. The van der Waals surface area contributed by atoms with Gasteiger partial charge < -0.3 is 10.6 Å². The Morgan fingerprint density at radius 3 is 2.85 bits per heavy atom. The number of nitrogens with one attached hydrogen (secondary N) is 2. The van der Waals surface area contributed by atoms with Gasteiger partial charge in [-0.2, -0.15) is 0 Å². The summed E-state index contributed by atoms with van der Waals surface area (Å²) in [7, 11) is 0. The van der Waals surface area contributed by atoms with Crippen molar-refractivity contribution < 1.29 is 4.79 Å². The number of hydrogen-bond acceptors (Lipinski definition) is 2. The molecule has 1 aliphatic heterocycles. The molecule has 2 rings (SSSR count). The zero-order chi connectivity index (χ0) is 14.5. The van der Waals surface area contributed by atoms with Gasteiger partial charge in [-0.1, -0.05) is 42.6 Å². The van der Waals surface area contributed by atoms with Crippen LogP contribution in [0.25, 0.3) is 0 Å². The first-order chi connectivity index (χ1) is 9.63. The highest BCUT2D eigenvalue weighted by Crippen LogP contribution is 2.30. The molecule has 2 N–H and O–H groups in total. The van der Waals surface area contributed by atoms with Gasteiger partial charge in [0.25, 0.3) is 5.91 Å². The number of benzene rings is 1. The van der Waals surface area contributed by atoms with Crippen LogP contribution < -0.4 is 10.6 Å². The van der Waals surface area contributed by atoms with E-state index in [0.717, 1.165) is 44.3 Å². The van der Waals surface area contributed by atoms with E-state index in [1.807, 2.05) is 6.07 Å². The molecule has 1 aromatic rings. The Labute approximate surface area is 130 Å². The molecule has 0 bridgehead atoms. The second-order valence-electron chi connectivity index (χ2n) is 5.17. The SMILES string of the molecule is CCCCc1ccc(C(=O)NC2CCNC2)c(Cl)c1Cl. The molecule has 1 heterocycles. The lowest BCUT2D eigenvalue weighted by atomic mass is 10.1. The van der Waals surface area contributed by atoms with Crippen molar-refractivity contribution in [3.8, 4) is 0 Å². The van der Waals surface area contributed by atoms with Crippen LogP contribution in [0, 0.1) is 0 Å². The lowest BCUT2D eigenvalue weighted by Gasteiger charge is -2.14. The van der Waals surface area contributed by atoms with Crippen molar-refractivity contribution >= 4 is 29.1 Å². The van der Waals surface area contributed by atoms with Crippen molar-refractivity contribution in [1.82, 2.24) is 10.6 Å². The highest BCUT2D eigenvalue weighted by Gasteiger charge is 2.20. The third-order valence-corrected chi connectivity index (χ3v) is 4.52. The van der Waals surface area contributed by atoms with Crippen LogP contribution in [-0.4, -0.2) is 25.0 Å². The Morgan fingerprint density at radius 1 is 1.40 bits per heavy atom. The normalized spacial score (nSPS) is 18.2. The summed E-state index contributed by atoms with van der Waals surface area (Å²) in [5.41, 5.74) is 1.47. The standard InChI is InChI=1S/C15H20Cl2N2O/c1-2-3-4-10-5-6-12(14(17)13(10)16)15(20)19-11-7-8-18-9-11/h5-6,11,18H,2-4,7-9H2,1H3,(H,19,20). The van der Waals surface area contributed by atoms with E-state index in [1.54, 1.807) is 6.07 Å². The fourth-order valence-electron chi connectivity index (χ4n) is 2.37. The maximum atomic E-state index is 12.2. The lowest BCUT2D eigenvalue weighted by molar-refractivity contribution is 0.0940. The third-order valence-electron chi connectivity index (χ3n) is 3.60. The van der Waals surface area contributed by atoms with Crippen LogP contribution >= 0.6 is 23.2 Å². The molecule has 0 saturated carbocycles. The first-order valence-corrected chi connectivity index (χ1v) is 7.87. The first-order valence-electron chi connectivity index (χ1n) is 7.12. The summed E-state index contributed by atoms with van der Waals surface area (Å²) in [6, 6.07) is 3.86. The molecule has 0 aromatic heterocycles. The topological polar surface area (TPSA) is 41.1 Å². The number of carbonyl (C=O) groups is 1. The number of hydrogen-bond donors (Lipinski definition) is 2. The molecule has 110 valence electrons. The second kappa shape index (κ2) is 7.30. The fourth-order valence-corrected chi connectivity index (χ4v) is 2.90. The largest absolute Gasteiger partial charge is 0.348 e. The molecule has 20 heavy (non-hydrogen) atoms. The number of aryl methyl sites for hydroxylation is 1. The van der Waals surface area contributed by atoms with Crippen LogP contribution in [0.15, 0.2) is 12.1 Å². The van der Waals surface area contributed by atoms with E-state index < -0.39 is 0 Å². The smallest absolute Gasteiger partial charge is 0.253 e. The Kier molecular flexibility index (Phi) is 5.70. The number of rotatable bonds is 5. The summed E-state index contributed by atoms with van der Waals surface area (Å²) in [5, 5.41) is 7.07. The zero-order valence-corrected chi connectivity index (χ0v) is 13.2. The Bertz CT molecular complexity index is 485. The van der Waals surface area contributed by atoms with Gasteiger partial charge in [0.05, 0.1) is 15.6 Å². The molecule has 0 spiro atoms. The van der Waals surface area contributed by atoms with E-state index in [0.29, 0.717) is 15.6 Å². The monoisotopic (exact) mass is 314 g/mol. The van der Waals surface area contributed by atoms with Gasteiger partial charge in [0.2, 0.25) is 0 Å². The highest BCUT2D eigenvalue weighted by molar-refractivity contribution is 6.44. The molecule has 1 aliphatic rings. The molecule has 3 nitrogen and oxygen atoms in total. The van der Waals surface area contributed by atoms with Gasteiger partial charge >= 0.3 is 0 Å². The van der Waals surface area contributed by atoms with Crippen molar-refractivity contribution in [2.45, 2.75) is 38.6 Å². The molecule has 0 aliphatic carbocycles. The van der Waals surface area contributed by atoms with E-state index >= 15 is 0 Å². The Balaban J connectivity index is 2.11. The molecule has 0 radical (unpaired) electrons. The van der Waals surface area contributed by atoms with Crippen molar-refractivity contribution in [1.29, 1.82) is 0 Å². The van der Waals surface area contributed by atoms with Crippen molar-refractivity contribution in [2.24, 2.45) is 0 Å². The number of unbranched alkanes of at least 4 members (excludes halogenated alkanes) is 1. The molecule has 1 aromatic carbocycles. The van der Waals surface area contributed by atoms with E-state index in [9.17, 15) is 4.79 Å². The summed E-state index contributed by atoms with van der Waals surface area (Å²) >= 11 is 12.5. The van der Waals surface area contributed by atoms with Crippen LogP contribution in [0.5, 0.6) is 0 Å². The lowest BCUT2D eigenvalue weighted by Crippen LogP contribution is -2.36. The molecule has 1 atom stereocenters. The van der Waals surface area contributed by atoms with E-state index in [1.165, 1.54) is 0 Å². The fraction of sp³-hybridized carbons (Fsp3) is 0.533. The minimum absolute atomic E-state index is 0.146. The summed E-state index contributed by atoms with van der Waals surface area (Å²) in [6.45, 7) is 3.88. The quantitative estimate of drug-likeness (QED) is 0.874. The van der Waals surface area contributed by atoms with Gasteiger partial charge in [0.15, 0.2) is 0 Å². The summed E-state index contributed by atoms with van der Waals surface area (Å²) in [4.78, 5) is 12.2. The van der Waals surface area contributed by atoms with Crippen LogP contribution in [0.4, 0.5) is 0 Å². The minimum atomic E-state index is -0.146. The van der Waals surface area contributed by atoms with Gasteiger partial charge in [0.1, 0.15) is 0 Å². The van der Waals surface area contributed by atoms with Crippen molar-refractivity contribution in [2.75, 3.05) is 13.1 Å². The molecule has 1 saturated heterocycles. The van der Waals surface area contributed by atoms with Gasteiger partial charge in [-0.3, -0.25) is 4.79 Å². The van der Waals surface area contributed by atoms with Crippen molar-refractivity contribution in [3.63, 3.8) is 0 Å². The summed E-state index contributed by atoms with van der Waals surface area (Å²) < 4.78 is 0. The van der Waals surface area contributed by atoms with E-state index in [4.69, 9.17) is 23.2 Å². The molecule has 5 heteroatoms. The van der Waals surface area contributed by atoms with Crippen LogP contribution in [0.1, 0.15) is 42.1 Å². The van der Waals surface area contributed by atoms with Crippen LogP contribution in [0.2, 0.25) is 10.0 Å². The van der Waals surface area contributed by atoms with Gasteiger partial charge in [0, 0.05) is 12.6 Å². The molecular weight excluding hydrogens is 295 g/mol. The molecule has 1 unspecified atom stereocenters. The maximum Gasteiger partial charge on any atom is 0.253 e. The van der Waals surface area contributed by atoms with Gasteiger partial charge in [-0.25, -0.2) is 0 Å². The maximum absolute atomic E-state index is 12.2. The van der Waals surface area contributed by atoms with E-state index in [-0.39, 0.29) is 11.9 Å². The zero-order valence-electron chi connectivity index (χ0n) is 11.6. The van der Waals surface area contributed by atoms with Crippen LogP contribution in [0.3, 0.4) is 0 Å². The summed E-state index contributed by atoms with van der Waals surface area (Å²) in [5.74, 6) is -0.146. The van der Waals surface area contributed by atoms with Crippen LogP contribution in [-0.2, 0) is 6.42 Å². The minimum Gasteiger partial charge on any atom is -0.348 e. The third kappa shape index (κ3) is 3.66. The molecular formula is C15H20Cl2N2O. The summed E-state index contributed by atoms with van der Waals surface area (Å²) in [6.07, 6.45) is 4.01. The Morgan fingerprint density at radius 2 is 2.20 bits per heavy atom. The average Bonchev–Trinajstić information content (AvgIpc) is 2.93. The average molecular weight is 315 g/mol. The Hall–Kier alpha value is -0.770. The molecule has 1 fully saturated rings. The van der Waals surface area contributed by atoms with Crippen molar-refractivity contribution in [3.05, 3.63) is 33.3 Å². The second-order valence-corrected chi connectivity index (χ2v) is 5.92. The van der Waals surface area contributed by atoms with E-state index in [2.05, 4.69) is 17.6 Å². The van der Waals surface area contributed by atoms with Gasteiger partial charge in [-0.15, -0.1) is 0 Å². The van der Waals surface area contributed by atoms with Gasteiger partial charge in [-0.05, 0) is 37.4 Å². The molecule has 1 amide bonds. The number of carbonyl (C=O) groups excluding carboxylic acids is 1. The number of amides is 1. The predicted molar refractivity (Wildman–Crippen MR) is 83.8 cm³/mol. The first kappa shape index (κ1) is 15.6.